The second kappa shape index (κ2) is 7.71. The third-order valence-corrected chi connectivity index (χ3v) is 5.10. The lowest BCUT2D eigenvalue weighted by molar-refractivity contribution is -0.137. The van der Waals surface area contributed by atoms with Gasteiger partial charge < -0.3 is 9.30 Å². The van der Waals surface area contributed by atoms with E-state index >= 15 is 0 Å². The van der Waals surface area contributed by atoms with Gasteiger partial charge in [0.25, 0.3) is 0 Å². The summed E-state index contributed by atoms with van der Waals surface area (Å²) in [6.45, 7) is 0.147. The molecular formula is C24H18F3NO2. The molecule has 0 saturated heterocycles. The van der Waals surface area contributed by atoms with Crippen LogP contribution in [0.1, 0.15) is 21.6 Å². The smallest absolute Gasteiger partial charge is 0.416 e. The van der Waals surface area contributed by atoms with E-state index in [0.717, 1.165) is 40.4 Å². The number of alkyl halides is 3. The fourth-order valence-corrected chi connectivity index (χ4v) is 3.71. The van der Waals surface area contributed by atoms with Gasteiger partial charge >= 0.3 is 6.18 Å². The molecule has 0 spiro atoms. The summed E-state index contributed by atoms with van der Waals surface area (Å²) in [5, 5.41) is 0.858. The summed E-state index contributed by atoms with van der Waals surface area (Å²) in [6, 6.07) is 20.0. The predicted octanol–water partition coefficient (Wildman–Crippen LogP) is 6.20. The Morgan fingerprint density at radius 3 is 2.37 bits per heavy atom. The quantitative estimate of drug-likeness (QED) is 0.368. The average Bonchev–Trinajstić information content (AvgIpc) is 3.07. The molecular weight excluding hydrogens is 391 g/mol. The molecule has 0 unspecified atom stereocenters. The van der Waals surface area contributed by atoms with Crippen LogP contribution < -0.4 is 4.74 Å². The maximum atomic E-state index is 13.1. The van der Waals surface area contributed by atoms with Gasteiger partial charge in [0, 0.05) is 23.0 Å². The van der Waals surface area contributed by atoms with Crippen molar-refractivity contribution in [2.45, 2.75) is 12.7 Å². The Balaban J connectivity index is 1.88. The number of ether oxygens (including phenoxy) is 1. The van der Waals surface area contributed by atoms with Gasteiger partial charge in [-0.3, -0.25) is 4.79 Å². The molecule has 0 fully saturated rings. The van der Waals surface area contributed by atoms with Crippen molar-refractivity contribution in [3.8, 4) is 16.9 Å². The van der Waals surface area contributed by atoms with E-state index in [0.29, 0.717) is 17.0 Å². The zero-order valence-corrected chi connectivity index (χ0v) is 16.1. The molecule has 0 aliphatic heterocycles. The maximum Gasteiger partial charge on any atom is 0.416 e. The minimum Gasteiger partial charge on any atom is -0.497 e. The standard InChI is InChI=1S/C24H18F3NO2/c1-30-19-11-9-17(10-12-19)23-20-7-2-3-8-21(20)28(22(23)15-29)14-16-5-4-6-18(13-16)24(25,26)27/h2-13,15H,14H2,1H3. The third-order valence-electron chi connectivity index (χ3n) is 5.10. The van der Waals surface area contributed by atoms with Crippen molar-refractivity contribution in [3.63, 3.8) is 0 Å². The van der Waals surface area contributed by atoms with Crippen molar-refractivity contribution in [1.29, 1.82) is 0 Å². The Hall–Kier alpha value is -3.54. The van der Waals surface area contributed by atoms with Gasteiger partial charge in [0.15, 0.2) is 6.29 Å². The van der Waals surface area contributed by atoms with Gasteiger partial charge in [0.1, 0.15) is 5.75 Å². The molecule has 0 aliphatic rings. The van der Waals surface area contributed by atoms with Crippen LogP contribution in [-0.2, 0) is 12.7 Å². The monoisotopic (exact) mass is 409 g/mol. The van der Waals surface area contributed by atoms with Crippen LogP contribution in [-0.4, -0.2) is 18.0 Å². The highest BCUT2D eigenvalue weighted by Gasteiger charge is 2.30. The Bertz CT molecular complexity index is 1210. The molecule has 3 aromatic carbocycles. The molecule has 30 heavy (non-hydrogen) atoms. The second-order valence-corrected chi connectivity index (χ2v) is 6.91. The fourth-order valence-electron chi connectivity index (χ4n) is 3.71. The first-order chi connectivity index (χ1) is 14.4. The molecule has 0 bridgehead atoms. The Morgan fingerprint density at radius 1 is 0.967 bits per heavy atom. The van der Waals surface area contributed by atoms with E-state index in [1.165, 1.54) is 6.07 Å². The van der Waals surface area contributed by atoms with E-state index in [2.05, 4.69) is 0 Å². The first-order valence-electron chi connectivity index (χ1n) is 9.29. The van der Waals surface area contributed by atoms with Crippen molar-refractivity contribution < 1.29 is 22.7 Å². The number of hydrogen-bond acceptors (Lipinski definition) is 2. The minimum atomic E-state index is -4.42. The number of para-hydroxylation sites is 1. The molecule has 0 atom stereocenters. The van der Waals surface area contributed by atoms with Crippen LogP contribution in [0, 0.1) is 0 Å². The van der Waals surface area contributed by atoms with Crippen LogP contribution >= 0.6 is 0 Å². The van der Waals surface area contributed by atoms with Gasteiger partial charge in [-0.1, -0.05) is 42.5 Å². The van der Waals surface area contributed by atoms with Gasteiger partial charge in [-0.05, 0) is 41.5 Å². The van der Waals surface area contributed by atoms with Crippen molar-refractivity contribution in [1.82, 2.24) is 4.57 Å². The van der Waals surface area contributed by atoms with Gasteiger partial charge in [0.05, 0.1) is 18.4 Å². The summed E-state index contributed by atoms with van der Waals surface area (Å²) in [5.74, 6) is 0.694. The fraction of sp³-hybridized carbons (Fsp3) is 0.125. The number of methoxy groups -OCH3 is 1. The van der Waals surface area contributed by atoms with Crippen molar-refractivity contribution in [3.05, 3.63) is 89.6 Å². The molecule has 1 aromatic heterocycles. The predicted molar refractivity (Wildman–Crippen MR) is 110 cm³/mol. The highest BCUT2D eigenvalue weighted by Crippen LogP contribution is 2.36. The molecule has 3 nitrogen and oxygen atoms in total. The number of carbonyl (C=O) groups is 1. The summed E-state index contributed by atoms with van der Waals surface area (Å²) >= 11 is 0. The average molecular weight is 409 g/mol. The van der Waals surface area contributed by atoms with Crippen molar-refractivity contribution in [2.24, 2.45) is 0 Å². The Morgan fingerprint density at radius 2 is 1.70 bits per heavy atom. The number of aldehydes is 1. The van der Waals surface area contributed by atoms with E-state index in [9.17, 15) is 18.0 Å². The zero-order valence-electron chi connectivity index (χ0n) is 16.1. The summed E-state index contributed by atoms with van der Waals surface area (Å²) in [7, 11) is 1.58. The number of halogens is 3. The molecule has 0 saturated carbocycles. The second-order valence-electron chi connectivity index (χ2n) is 6.91. The molecule has 1 heterocycles. The Kier molecular flexibility index (Phi) is 5.08. The molecule has 0 N–H and O–H groups in total. The highest BCUT2D eigenvalue weighted by molar-refractivity contribution is 6.05. The van der Waals surface area contributed by atoms with Gasteiger partial charge in [-0.15, -0.1) is 0 Å². The van der Waals surface area contributed by atoms with E-state index in [4.69, 9.17) is 4.74 Å². The number of carbonyl (C=O) groups excluding carboxylic acids is 1. The maximum absolute atomic E-state index is 13.1. The van der Waals surface area contributed by atoms with Crippen molar-refractivity contribution in [2.75, 3.05) is 7.11 Å². The lowest BCUT2D eigenvalue weighted by Gasteiger charge is -2.12. The van der Waals surface area contributed by atoms with E-state index in [1.54, 1.807) is 17.7 Å². The summed E-state index contributed by atoms with van der Waals surface area (Å²) in [5.41, 5.74) is 2.53. The topological polar surface area (TPSA) is 31.2 Å². The Labute approximate surface area is 171 Å². The van der Waals surface area contributed by atoms with E-state index in [-0.39, 0.29) is 6.54 Å². The van der Waals surface area contributed by atoms with Gasteiger partial charge in [-0.2, -0.15) is 13.2 Å². The normalized spacial score (nSPS) is 11.6. The van der Waals surface area contributed by atoms with E-state index < -0.39 is 11.7 Å². The van der Waals surface area contributed by atoms with Crippen molar-refractivity contribution >= 4 is 17.2 Å². The highest BCUT2D eigenvalue weighted by atomic mass is 19.4. The number of fused-ring (bicyclic) bond motifs is 1. The lowest BCUT2D eigenvalue weighted by Crippen LogP contribution is -2.08. The molecule has 6 heteroatoms. The number of nitrogens with zero attached hydrogens (tertiary/aromatic N) is 1. The number of rotatable bonds is 5. The molecule has 0 amide bonds. The summed E-state index contributed by atoms with van der Waals surface area (Å²) in [4.78, 5) is 12.1. The van der Waals surface area contributed by atoms with E-state index in [1.807, 2.05) is 48.5 Å². The molecule has 4 aromatic rings. The third kappa shape index (κ3) is 3.56. The van der Waals surface area contributed by atoms with Crippen LogP contribution in [0.3, 0.4) is 0 Å². The van der Waals surface area contributed by atoms with Crippen LogP contribution in [0.4, 0.5) is 13.2 Å². The first kappa shape index (κ1) is 19.8. The molecule has 0 aliphatic carbocycles. The van der Waals surface area contributed by atoms with Crippen LogP contribution in [0.5, 0.6) is 5.75 Å². The number of benzene rings is 3. The van der Waals surface area contributed by atoms with Gasteiger partial charge in [0.2, 0.25) is 0 Å². The largest absolute Gasteiger partial charge is 0.497 e. The molecule has 0 radical (unpaired) electrons. The summed E-state index contributed by atoms with van der Waals surface area (Å²) in [6.07, 6.45) is -3.66. The van der Waals surface area contributed by atoms with Gasteiger partial charge in [-0.25, -0.2) is 0 Å². The van der Waals surface area contributed by atoms with Crippen LogP contribution in [0.2, 0.25) is 0 Å². The molecule has 4 rings (SSSR count). The summed E-state index contributed by atoms with van der Waals surface area (Å²) < 4.78 is 46.3. The minimum absolute atomic E-state index is 0.147. The molecule has 152 valence electrons. The van der Waals surface area contributed by atoms with Crippen LogP contribution in [0.25, 0.3) is 22.0 Å². The lowest BCUT2D eigenvalue weighted by atomic mass is 10.0. The number of aromatic nitrogens is 1. The van der Waals surface area contributed by atoms with Crippen LogP contribution in [0.15, 0.2) is 72.8 Å². The first-order valence-corrected chi connectivity index (χ1v) is 9.29. The number of hydrogen-bond donors (Lipinski definition) is 0. The SMILES string of the molecule is COc1ccc(-c2c(C=O)n(Cc3cccc(C(F)(F)F)c3)c3ccccc23)cc1. The zero-order chi connectivity index (χ0) is 21.3.